The first-order chi connectivity index (χ1) is 31.0. The number of carboxylic acids is 1. The fourth-order valence-corrected chi connectivity index (χ4v) is 14.6. The lowest BCUT2D eigenvalue weighted by Gasteiger charge is -2.73. The van der Waals surface area contributed by atoms with E-state index in [-0.39, 0.29) is 17.4 Å². The van der Waals surface area contributed by atoms with E-state index in [9.17, 15) is 60.3 Å². The molecular formula is C49H76O18. The molecule has 18 heteroatoms. The Bertz CT molecular complexity index is 1970. The largest absolute Gasteiger partial charge is 0.479 e. The molecule has 9 N–H and O–H groups in total. The SMILES string of the molecule is CC=C(C)C(=O)OC1C(O)C(C)(C)CC2C3=CCC4C5(C)CCC(OC6OC(C(=O)O)C(O)C(O)C6OC6OC(C)C(O)C(O)C6O)C(C)(C)C5CCC4(C)C3(C)C(O)C(O)C21COC(C)=O. The van der Waals surface area contributed by atoms with Crippen LogP contribution in [0, 0.1) is 50.2 Å². The molecule has 2 heterocycles. The summed E-state index contributed by atoms with van der Waals surface area (Å²) in [6.45, 7) is 19.9. The molecule has 0 spiro atoms. The number of aliphatic carboxylic acids is 1. The van der Waals surface area contributed by atoms with Gasteiger partial charge in [0.25, 0.3) is 0 Å². The minimum absolute atomic E-state index is 0.0405. The van der Waals surface area contributed by atoms with Gasteiger partial charge in [-0.25, -0.2) is 9.59 Å². The first-order valence-electron chi connectivity index (χ1n) is 24.0. The summed E-state index contributed by atoms with van der Waals surface area (Å²) >= 11 is 0. The van der Waals surface area contributed by atoms with Crippen molar-refractivity contribution in [2.24, 2.45) is 50.2 Å². The van der Waals surface area contributed by atoms with E-state index in [1.807, 2.05) is 20.8 Å². The van der Waals surface area contributed by atoms with E-state index in [2.05, 4.69) is 33.8 Å². The maximum atomic E-state index is 13.5. The van der Waals surface area contributed by atoms with Gasteiger partial charge in [0, 0.05) is 17.9 Å². The fourth-order valence-electron chi connectivity index (χ4n) is 14.6. The maximum Gasteiger partial charge on any atom is 0.335 e. The summed E-state index contributed by atoms with van der Waals surface area (Å²) in [5, 5.41) is 102. The van der Waals surface area contributed by atoms with E-state index in [0.29, 0.717) is 38.5 Å². The van der Waals surface area contributed by atoms with Crippen LogP contribution in [0.3, 0.4) is 0 Å². The van der Waals surface area contributed by atoms with Crippen LogP contribution in [-0.2, 0) is 42.8 Å². The Morgan fingerprint density at radius 1 is 0.776 bits per heavy atom. The van der Waals surface area contributed by atoms with Gasteiger partial charge in [-0.15, -0.1) is 0 Å². The Labute approximate surface area is 392 Å². The Balaban J connectivity index is 1.22. The van der Waals surface area contributed by atoms with Gasteiger partial charge in [-0.05, 0) is 98.7 Å². The molecule has 0 aromatic carbocycles. The molecule has 0 radical (unpaired) electrons. The number of aliphatic hydroxyl groups is 8. The monoisotopic (exact) mass is 953 g/mol. The molecule has 6 fully saturated rings. The number of rotatable bonds is 9. The van der Waals surface area contributed by atoms with Crippen molar-refractivity contribution < 1.29 is 88.8 Å². The van der Waals surface area contributed by atoms with E-state index in [4.69, 9.17) is 28.4 Å². The summed E-state index contributed by atoms with van der Waals surface area (Å²) in [5.74, 6) is -3.57. The Hall–Kier alpha value is -2.59. The van der Waals surface area contributed by atoms with Crippen molar-refractivity contribution in [1.29, 1.82) is 0 Å². The molecule has 7 aliphatic rings. The van der Waals surface area contributed by atoms with E-state index in [0.717, 1.165) is 5.57 Å². The number of hydrogen-bond donors (Lipinski definition) is 9. The molecule has 4 saturated carbocycles. The molecule has 67 heavy (non-hydrogen) atoms. The number of carbonyl (C=O) groups is 3. The van der Waals surface area contributed by atoms with Gasteiger partial charge < -0.3 is 74.4 Å². The zero-order valence-corrected chi connectivity index (χ0v) is 40.7. The number of fused-ring (bicyclic) bond motifs is 7. The predicted molar refractivity (Wildman–Crippen MR) is 235 cm³/mol. The van der Waals surface area contributed by atoms with Crippen molar-refractivity contribution in [3.63, 3.8) is 0 Å². The molecule has 0 aromatic rings. The number of hydrogen-bond acceptors (Lipinski definition) is 17. The molecule has 2 aliphatic heterocycles. The Kier molecular flexibility index (Phi) is 14.0. The Morgan fingerprint density at radius 3 is 2.04 bits per heavy atom. The van der Waals surface area contributed by atoms with E-state index in [1.165, 1.54) is 13.8 Å². The third kappa shape index (κ3) is 7.86. The fraction of sp³-hybridized carbons (Fsp3) is 0.857. The van der Waals surface area contributed by atoms with Crippen molar-refractivity contribution in [3.8, 4) is 0 Å². The number of esters is 2. The van der Waals surface area contributed by atoms with Crippen LogP contribution >= 0.6 is 0 Å². The van der Waals surface area contributed by atoms with Crippen molar-refractivity contribution in [2.75, 3.05) is 6.61 Å². The van der Waals surface area contributed by atoms with Crippen molar-refractivity contribution in [3.05, 3.63) is 23.3 Å². The number of aliphatic hydroxyl groups excluding tert-OH is 8. The standard InChI is InChI=1S/C49H76O18/c1-12-21(2)41(61)67-39-38(58)44(5,6)19-25-24-13-14-27-46(9)17-16-28(45(7,8)26(46)15-18-47(27,10)48(24,11)36(56)37(57)49(25,39)20-62-23(4)50)64-43-35(32(54)31(53)34(65-43)40(59)60)66-42-33(55)30(52)29(51)22(3)63-42/h12-13,22,25-39,42-43,51-58H,14-20H2,1-11H3,(H,59,60). The van der Waals surface area contributed by atoms with E-state index >= 15 is 0 Å². The van der Waals surface area contributed by atoms with Gasteiger partial charge in [-0.3, -0.25) is 4.79 Å². The summed E-state index contributed by atoms with van der Waals surface area (Å²) in [5.41, 5.74) is -4.03. The molecule has 2 saturated heterocycles. The summed E-state index contributed by atoms with van der Waals surface area (Å²) < 4.78 is 36.0. The topological polar surface area (TPSA) is 289 Å². The molecule has 380 valence electrons. The van der Waals surface area contributed by atoms with Crippen LogP contribution in [0.2, 0.25) is 0 Å². The van der Waals surface area contributed by atoms with E-state index < -0.39 is 155 Å². The average molecular weight is 953 g/mol. The quantitative estimate of drug-likeness (QED) is 0.0690. The molecule has 0 bridgehead atoms. The number of carbonyl (C=O) groups excluding carboxylic acids is 2. The van der Waals surface area contributed by atoms with Crippen LogP contribution in [0.1, 0.15) is 115 Å². The number of allylic oxidation sites excluding steroid dienone is 2. The summed E-state index contributed by atoms with van der Waals surface area (Å²) in [6.07, 6.45) is -15.9. The lowest BCUT2D eigenvalue weighted by Crippen LogP contribution is -2.76. The van der Waals surface area contributed by atoms with Gasteiger partial charge in [0.1, 0.15) is 49.3 Å². The zero-order chi connectivity index (χ0) is 49.9. The molecule has 5 aliphatic carbocycles. The maximum absolute atomic E-state index is 13.5. The molecule has 7 rings (SSSR count). The smallest absolute Gasteiger partial charge is 0.335 e. The average Bonchev–Trinajstić information content (AvgIpc) is 3.25. The van der Waals surface area contributed by atoms with Crippen molar-refractivity contribution in [2.45, 2.75) is 207 Å². The third-order valence-corrected chi connectivity index (χ3v) is 18.9. The van der Waals surface area contributed by atoms with Crippen LogP contribution in [0.25, 0.3) is 0 Å². The van der Waals surface area contributed by atoms with Gasteiger partial charge in [-0.2, -0.15) is 0 Å². The minimum Gasteiger partial charge on any atom is -0.479 e. The van der Waals surface area contributed by atoms with Gasteiger partial charge >= 0.3 is 17.9 Å². The van der Waals surface area contributed by atoms with Crippen LogP contribution in [0.15, 0.2) is 23.3 Å². The highest BCUT2D eigenvalue weighted by atomic mass is 16.8. The molecule has 0 aromatic heterocycles. The lowest BCUT2D eigenvalue weighted by atomic mass is 9.32. The van der Waals surface area contributed by atoms with Crippen molar-refractivity contribution >= 4 is 17.9 Å². The highest BCUT2D eigenvalue weighted by molar-refractivity contribution is 5.87. The summed E-state index contributed by atoms with van der Waals surface area (Å²) in [4.78, 5) is 38.4. The van der Waals surface area contributed by atoms with E-state index in [1.54, 1.807) is 19.9 Å². The van der Waals surface area contributed by atoms with Crippen LogP contribution in [-0.4, -0.2) is 162 Å². The normalized spacial score (nSPS) is 50.3. The minimum atomic E-state index is -1.96. The Morgan fingerprint density at radius 2 is 1.43 bits per heavy atom. The molecule has 22 atom stereocenters. The molecule has 0 amide bonds. The highest BCUT2D eigenvalue weighted by Crippen LogP contribution is 2.76. The summed E-state index contributed by atoms with van der Waals surface area (Å²) in [6, 6.07) is 0. The second-order valence-corrected chi connectivity index (χ2v) is 22.9. The predicted octanol–water partition coefficient (Wildman–Crippen LogP) is 1.88. The molecular weight excluding hydrogens is 877 g/mol. The lowest BCUT2D eigenvalue weighted by molar-refractivity contribution is -0.372. The van der Waals surface area contributed by atoms with Gasteiger partial charge in [0.05, 0.1) is 35.9 Å². The second-order valence-electron chi connectivity index (χ2n) is 22.9. The van der Waals surface area contributed by atoms with Crippen LogP contribution in [0.4, 0.5) is 0 Å². The summed E-state index contributed by atoms with van der Waals surface area (Å²) in [7, 11) is 0. The van der Waals surface area contributed by atoms with Crippen molar-refractivity contribution in [1.82, 2.24) is 0 Å². The molecule has 22 unspecified atom stereocenters. The van der Waals surface area contributed by atoms with Crippen LogP contribution in [0.5, 0.6) is 0 Å². The van der Waals surface area contributed by atoms with Crippen LogP contribution < -0.4 is 0 Å². The van der Waals surface area contributed by atoms with Gasteiger partial charge in [0.2, 0.25) is 0 Å². The second kappa shape index (κ2) is 17.9. The first kappa shape index (κ1) is 52.2. The number of ether oxygens (including phenoxy) is 6. The van der Waals surface area contributed by atoms with Gasteiger partial charge in [0.15, 0.2) is 18.7 Å². The first-order valence-corrected chi connectivity index (χ1v) is 24.0. The van der Waals surface area contributed by atoms with Gasteiger partial charge in [-0.1, -0.05) is 66.2 Å². The number of carboxylic acid groups (broad SMARTS) is 1. The third-order valence-electron chi connectivity index (χ3n) is 18.9. The highest BCUT2D eigenvalue weighted by Gasteiger charge is 2.76. The zero-order valence-electron chi connectivity index (χ0n) is 40.7. The molecule has 18 nitrogen and oxygen atoms in total.